The second-order valence-corrected chi connectivity index (χ2v) is 6.62. The van der Waals surface area contributed by atoms with Crippen LogP contribution in [0.3, 0.4) is 0 Å². The first-order chi connectivity index (χ1) is 9.53. The number of nitrogens with one attached hydrogen (secondary N) is 1. The van der Waals surface area contributed by atoms with Gasteiger partial charge in [-0.2, -0.15) is 0 Å². The van der Waals surface area contributed by atoms with Gasteiger partial charge >= 0.3 is 0 Å². The van der Waals surface area contributed by atoms with E-state index in [1.165, 1.54) is 0 Å². The van der Waals surface area contributed by atoms with Crippen LogP contribution >= 0.6 is 0 Å². The highest BCUT2D eigenvalue weighted by Crippen LogP contribution is 2.45. The number of ether oxygens (including phenoxy) is 1. The number of carbonyl (C=O) groups excluding carboxylic acids is 2. The van der Waals surface area contributed by atoms with E-state index in [1.807, 2.05) is 11.8 Å². The van der Waals surface area contributed by atoms with E-state index in [0.29, 0.717) is 18.4 Å². The molecule has 112 valence electrons. The molecule has 2 unspecified atom stereocenters. The molecule has 1 saturated carbocycles. The van der Waals surface area contributed by atoms with E-state index >= 15 is 0 Å². The van der Waals surface area contributed by atoms with Gasteiger partial charge in [0.15, 0.2) is 0 Å². The van der Waals surface area contributed by atoms with Crippen molar-refractivity contribution in [2.24, 2.45) is 11.8 Å². The number of carbonyl (C=O) groups is 2. The van der Waals surface area contributed by atoms with Gasteiger partial charge in [0, 0.05) is 19.8 Å². The molecule has 5 nitrogen and oxygen atoms in total. The number of hydrogen-bond donors (Lipinski definition) is 1. The summed E-state index contributed by atoms with van der Waals surface area (Å²) in [7, 11) is 0. The Balaban J connectivity index is 1.81. The van der Waals surface area contributed by atoms with E-state index in [-0.39, 0.29) is 11.8 Å². The SMILES string of the molecule is CC1NC(=O)C(C)(C2CC2)N(CC2CCOCC2)C1=O. The van der Waals surface area contributed by atoms with Crippen LogP contribution in [0.4, 0.5) is 0 Å². The third-order valence-corrected chi connectivity index (χ3v) is 5.16. The Labute approximate surface area is 120 Å². The lowest BCUT2D eigenvalue weighted by molar-refractivity contribution is -0.159. The second kappa shape index (κ2) is 5.02. The van der Waals surface area contributed by atoms with Crippen molar-refractivity contribution in [1.29, 1.82) is 0 Å². The minimum atomic E-state index is -0.637. The Morgan fingerprint density at radius 2 is 1.90 bits per heavy atom. The molecular formula is C15H24N2O3. The first-order valence-electron chi connectivity index (χ1n) is 7.73. The molecule has 3 fully saturated rings. The summed E-state index contributed by atoms with van der Waals surface area (Å²) in [5, 5.41) is 2.85. The average molecular weight is 280 g/mol. The van der Waals surface area contributed by atoms with Gasteiger partial charge in [0.05, 0.1) is 0 Å². The monoisotopic (exact) mass is 280 g/mol. The molecule has 3 rings (SSSR count). The Morgan fingerprint density at radius 1 is 1.25 bits per heavy atom. The Bertz CT molecular complexity index is 415. The Kier molecular flexibility index (Phi) is 3.48. The van der Waals surface area contributed by atoms with E-state index in [9.17, 15) is 9.59 Å². The fourth-order valence-corrected chi connectivity index (χ4v) is 3.51. The van der Waals surface area contributed by atoms with Crippen LogP contribution in [0.15, 0.2) is 0 Å². The molecule has 2 aliphatic heterocycles. The quantitative estimate of drug-likeness (QED) is 0.836. The van der Waals surface area contributed by atoms with E-state index in [1.54, 1.807) is 6.92 Å². The summed E-state index contributed by atoms with van der Waals surface area (Å²) in [5.74, 6) is 0.896. The maximum absolute atomic E-state index is 12.6. The number of amides is 2. The van der Waals surface area contributed by atoms with Crippen LogP contribution in [0.2, 0.25) is 0 Å². The summed E-state index contributed by atoms with van der Waals surface area (Å²) in [6.45, 7) is 5.98. The number of nitrogens with zero attached hydrogens (tertiary/aromatic N) is 1. The zero-order valence-corrected chi connectivity index (χ0v) is 12.4. The Hall–Kier alpha value is -1.10. The molecule has 2 atom stereocenters. The molecule has 0 aromatic heterocycles. The van der Waals surface area contributed by atoms with Crippen molar-refractivity contribution < 1.29 is 14.3 Å². The van der Waals surface area contributed by atoms with Gasteiger partial charge in [0.2, 0.25) is 11.8 Å². The van der Waals surface area contributed by atoms with Crippen LogP contribution in [-0.4, -0.2) is 48.1 Å². The lowest BCUT2D eigenvalue weighted by atomic mass is 9.86. The van der Waals surface area contributed by atoms with Gasteiger partial charge in [-0.05, 0) is 51.4 Å². The molecule has 0 bridgehead atoms. The van der Waals surface area contributed by atoms with Crippen molar-refractivity contribution in [1.82, 2.24) is 10.2 Å². The molecule has 0 radical (unpaired) electrons. The van der Waals surface area contributed by atoms with E-state index in [0.717, 1.165) is 38.9 Å². The minimum absolute atomic E-state index is 0.0270. The zero-order valence-electron chi connectivity index (χ0n) is 12.4. The molecule has 2 saturated heterocycles. The highest BCUT2D eigenvalue weighted by atomic mass is 16.5. The molecule has 1 N–H and O–H groups in total. The third-order valence-electron chi connectivity index (χ3n) is 5.16. The molecule has 20 heavy (non-hydrogen) atoms. The first kappa shape index (κ1) is 13.9. The minimum Gasteiger partial charge on any atom is -0.381 e. The molecule has 0 aromatic rings. The molecule has 2 amide bonds. The summed E-state index contributed by atoms with van der Waals surface area (Å²) in [4.78, 5) is 26.9. The van der Waals surface area contributed by atoms with Crippen molar-refractivity contribution in [2.75, 3.05) is 19.8 Å². The smallest absolute Gasteiger partial charge is 0.246 e. The fraction of sp³-hybridized carbons (Fsp3) is 0.867. The molecule has 0 spiro atoms. The van der Waals surface area contributed by atoms with Gasteiger partial charge in [0.1, 0.15) is 11.6 Å². The van der Waals surface area contributed by atoms with Crippen molar-refractivity contribution in [3.8, 4) is 0 Å². The molecule has 3 aliphatic rings. The standard InChI is InChI=1S/C15H24N2O3/c1-10-13(18)17(9-11-5-7-20-8-6-11)15(2,12-3-4-12)14(19)16-10/h10-12H,3-9H2,1-2H3,(H,16,19). The van der Waals surface area contributed by atoms with Crippen LogP contribution in [-0.2, 0) is 14.3 Å². The third kappa shape index (κ3) is 2.22. The molecule has 2 heterocycles. The summed E-state index contributed by atoms with van der Waals surface area (Å²) in [6, 6.07) is -0.394. The van der Waals surface area contributed by atoms with Gasteiger partial charge in [-0.15, -0.1) is 0 Å². The molecule has 5 heteroatoms. The summed E-state index contributed by atoms with van der Waals surface area (Å²) < 4.78 is 5.39. The topological polar surface area (TPSA) is 58.6 Å². The first-order valence-corrected chi connectivity index (χ1v) is 7.73. The predicted octanol–water partition coefficient (Wildman–Crippen LogP) is 0.929. The maximum atomic E-state index is 12.6. The summed E-state index contributed by atoms with van der Waals surface area (Å²) in [6.07, 6.45) is 4.08. The van der Waals surface area contributed by atoms with Crippen LogP contribution in [0.1, 0.15) is 39.5 Å². The Morgan fingerprint density at radius 3 is 2.50 bits per heavy atom. The normalized spacial score (nSPS) is 36.1. The van der Waals surface area contributed by atoms with Gasteiger partial charge in [-0.3, -0.25) is 9.59 Å². The molecule has 1 aliphatic carbocycles. The predicted molar refractivity (Wildman–Crippen MR) is 74.0 cm³/mol. The van der Waals surface area contributed by atoms with Gasteiger partial charge in [0.25, 0.3) is 0 Å². The number of hydrogen-bond acceptors (Lipinski definition) is 3. The highest BCUT2D eigenvalue weighted by molar-refractivity contribution is 5.99. The van der Waals surface area contributed by atoms with Crippen molar-refractivity contribution in [3.05, 3.63) is 0 Å². The fourth-order valence-electron chi connectivity index (χ4n) is 3.51. The molecular weight excluding hydrogens is 256 g/mol. The van der Waals surface area contributed by atoms with Crippen molar-refractivity contribution in [3.63, 3.8) is 0 Å². The molecule has 0 aromatic carbocycles. The van der Waals surface area contributed by atoms with Gasteiger partial charge in [-0.1, -0.05) is 0 Å². The number of rotatable bonds is 3. The zero-order chi connectivity index (χ0) is 14.3. The average Bonchev–Trinajstić information content (AvgIpc) is 3.27. The maximum Gasteiger partial charge on any atom is 0.246 e. The highest BCUT2D eigenvalue weighted by Gasteiger charge is 2.56. The van der Waals surface area contributed by atoms with Crippen molar-refractivity contribution >= 4 is 11.8 Å². The van der Waals surface area contributed by atoms with E-state index in [2.05, 4.69) is 5.32 Å². The van der Waals surface area contributed by atoms with Crippen LogP contribution < -0.4 is 5.32 Å². The van der Waals surface area contributed by atoms with Crippen LogP contribution in [0.5, 0.6) is 0 Å². The van der Waals surface area contributed by atoms with Gasteiger partial charge < -0.3 is 15.0 Å². The largest absolute Gasteiger partial charge is 0.381 e. The van der Waals surface area contributed by atoms with E-state index in [4.69, 9.17) is 4.74 Å². The van der Waals surface area contributed by atoms with Gasteiger partial charge in [-0.25, -0.2) is 0 Å². The lowest BCUT2D eigenvalue weighted by Crippen LogP contribution is -2.70. The van der Waals surface area contributed by atoms with Crippen molar-refractivity contribution in [2.45, 2.75) is 51.1 Å². The van der Waals surface area contributed by atoms with E-state index < -0.39 is 11.6 Å². The lowest BCUT2D eigenvalue weighted by Gasteiger charge is -2.47. The van der Waals surface area contributed by atoms with Crippen LogP contribution in [0, 0.1) is 11.8 Å². The summed E-state index contributed by atoms with van der Waals surface area (Å²) >= 11 is 0. The number of piperazine rings is 1. The second-order valence-electron chi connectivity index (χ2n) is 6.62. The van der Waals surface area contributed by atoms with Crippen LogP contribution in [0.25, 0.3) is 0 Å². The summed E-state index contributed by atoms with van der Waals surface area (Å²) in [5.41, 5.74) is -0.637.